The van der Waals surface area contributed by atoms with Gasteiger partial charge in [0.25, 0.3) is 5.91 Å². The van der Waals surface area contributed by atoms with Crippen LogP contribution >= 0.6 is 11.6 Å². The first-order chi connectivity index (χ1) is 9.97. The van der Waals surface area contributed by atoms with Crippen LogP contribution in [0.15, 0.2) is 42.5 Å². The smallest absolute Gasteiger partial charge is 0.387 e. The summed E-state index contributed by atoms with van der Waals surface area (Å²) in [7, 11) is 0. The number of phenols is 1. The zero-order valence-electron chi connectivity index (χ0n) is 10.5. The summed E-state index contributed by atoms with van der Waals surface area (Å²) >= 11 is 5.86. The predicted octanol–water partition coefficient (Wildman–Crippen LogP) is 3.90. The fourth-order valence-electron chi connectivity index (χ4n) is 1.65. The third-order valence-corrected chi connectivity index (χ3v) is 2.86. The van der Waals surface area contributed by atoms with Gasteiger partial charge in [-0.15, -0.1) is 0 Å². The van der Waals surface area contributed by atoms with Gasteiger partial charge in [0.2, 0.25) is 0 Å². The number of aromatic hydroxyl groups is 1. The van der Waals surface area contributed by atoms with Crippen LogP contribution < -0.4 is 10.1 Å². The molecule has 0 radical (unpaired) electrons. The normalized spacial score (nSPS) is 10.5. The number of alkyl halides is 2. The molecule has 4 nitrogen and oxygen atoms in total. The van der Waals surface area contributed by atoms with Crippen LogP contribution in [0.25, 0.3) is 0 Å². The maximum atomic E-state index is 12.3. The lowest BCUT2D eigenvalue weighted by Crippen LogP contribution is -2.15. The van der Waals surface area contributed by atoms with Crippen LogP contribution in [0.2, 0.25) is 5.02 Å². The van der Waals surface area contributed by atoms with Crippen LogP contribution in [0.1, 0.15) is 10.4 Å². The lowest BCUT2D eigenvalue weighted by molar-refractivity contribution is -0.0501. The quantitative estimate of drug-likeness (QED) is 0.842. The molecule has 0 aliphatic heterocycles. The number of para-hydroxylation sites is 1. The fraction of sp³-hybridized carbons (Fsp3) is 0.0714. The summed E-state index contributed by atoms with van der Waals surface area (Å²) in [5.41, 5.74) is 0.188. The van der Waals surface area contributed by atoms with Crippen molar-refractivity contribution in [2.45, 2.75) is 6.61 Å². The molecule has 2 N–H and O–H groups in total. The molecule has 0 spiro atoms. The van der Waals surface area contributed by atoms with E-state index in [-0.39, 0.29) is 27.8 Å². The Hall–Kier alpha value is -2.34. The number of phenolic OH excluding ortho intramolecular Hbond substituents is 1. The number of carbonyl (C=O) groups excluding carboxylic acids is 1. The Bertz CT molecular complexity index is 664. The van der Waals surface area contributed by atoms with Crippen molar-refractivity contribution >= 4 is 23.2 Å². The fourth-order valence-corrected chi connectivity index (χ4v) is 1.87. The number of benzene rings is 2. The molecule has 1 amide bonds. The summed E-state index contributed by atoms with van der Waals surface area (Å²) < 4.78 is 28.9. The molecule has 21 heavy (non-hydrogen) atoms. The Balaban J connectivity index is 2.24. The zero-order chi connectivity index (χ0) is 15.4. The molecule has 0 heterocycles. The molecule has 0 unspecified atom stereocenters. The third-order valence-electron chi connectivity index (χ3n) is 2.55. The number of amides is 1. The molecular weight excluding hydrogens is 304 g/mol. The number of hydrogen-bond donors (Lipinski definition) is 2. The van der Waals surface area contributed by atoms with Gasteiger partial charge in [0.05, 0.1) is 16.3 Å². The molecular formula is C14H10ClF2NO3. The Morgan fingerprint density at radius 3 is 2.62 bits per heavy atom. The highest BCUT2D eigenvalue weighted by Crippen LogP contribution is 2.27. The van der Waals surface area contributed by atoms with Gasteiger partial charge in [0, 0.05) is 6.07 Å². The molecule has 2 aromatic carbocycles. The van der Waals surface area contributed by atoms with Gasteiger partial charge in [-0.25, -0.2) is 0 Å². The van der Waals surface area contributed by atoms with Gasteiger partial charge in [0.15, 0.2) is 0 Å². The van der Waals surface area contributed by atoms with E-state index in [1.165, 1.54) is 42.5 Å². The van der Waals surface area contributed by atoms with Crippen molar-refractivity contribution in [3.63, 3.8) is 0 Å². The molecule has 2 rings (SSSR count). The number of ether oxygens (including phenoxy) is 1. The van der Waals surface area contributed by atoms with Crippen LogP contribution in [-0.2, 0) is 0 Å². The number of anilines is 1. The second-order valence-corrected chi connectivity index (χ2v) is 4.40. The Labute approximate surface area is 123 Å². The highest BCUT2D eigenvalue weighted by Gasteiger charge is 2.16. The van der Waals surface area contributed by atoms with Gasteiger partial charge in [-0.1, -0.05) is 23.7 Å². The number of halogens is 3. The summed E-state index contributed by atoms with van der Waals surface area (Å²) in [6.07, 6.45) is 0. The van der Waals surface area contributed by atoms with E-state index in [9.17, 15) is 18.7 Å². The van der Waals surface area contributed by atoms with E-state index in [0.717, 1.165) is 0 Å². The SMILES string of the molecule is O=C(Nc1ccc(O)cc1Cl)c1ccccc1OC(F)F. The van der Waals surface area contributed by atoms with Crippen LogP contribution in [0.3, 0.4) is 0 Å². The minimum absolute atomic E-state index is 0.0538. The zero-order valence-corrected chi connectivity index (χ0v) is 11.3. The van der Waals surface area contributed by atoms with Crippen molar-refractivity contribution < 1.29 is 23.4 Å². The number of hydrogen-bond acceptors (Lipinski definition) is 3. The summed E-state index contributed by atoms with van der Waals surface area (Å²) in [6, 6.07) is 9.59. The molecule has 0 atom stereocenters. The maximum absolute atomic E-state index is 12.3. The molecule has 0 aliphatic rings. The molecule has 0 bridgehead atoms. The van der Waals surface area contributed by atoms with E-state index in [2.05, 4.69) is 10.1 Å². The van der Waals surface area contributed by atoms with E-state index < -0.39 is 12.5 Å². The minimum Gasteiger partial charge on any atom is -0.508 e. The van der Waals surface area contributed by atoms with E-state index in [1.807, 2.05) is 0 Å². The lowest BCUT2D eigenvalue weighted by Gasteiger charge is -2.11. The molecule has 7 heteroatoms. The molecule has 2 aromatic rings. The highest BCUT2D eigenvalue weighted by atomic mass is 35.5. The minimum atomic E-state index is -3.03. The van der Waals surface area contributed by atoms with Crippen LogP contribution in [0.4, 0.5) is 14.5 Å². The number of nitrogens with one attached hydrogen (secondary N) is 1. The number of rotatable bonds is 4. The molecule has 0 saturated heterocycles. The van der Waals surface area contributed by atoms with Crippen molar-refractivity contribution in [2.75, 3.05) is 5.32 Å². The van der Waals surface area contributed by atoms with Gasteiger partial charge in [0.1, 0.15) is 11.5 Å². The first-order valence-corrected chi connectivity index (χ1v) is 6.19. The van der Waals surface area contributed by atoms with Crippen molar-refractivity contribution in [1.29, 1.82) is 0 Å². The average molecular weight is 314 g/mol. The molecule has 0 aromatic heterocycles. The lowest BCUT2D eigenvalue weighted by atomic mass is 10.2. The van der Waals surface area contributed by atoms with E-state index >= 15 is 0 Å². The highest BCUT2D eigenvalue weighted by molar-refractivity contribution is 6.34. The van der Waals surface area contributed by atoms with Crippen molar-refractivity contribution in [2.24, 2.45) is 0 Å². The number of carbonyl (C=O) groups is 1. The first kappa shape index (κ1) is 15.1. The van der Waals surface area contributed by atoms with Gasteiger partial charge in [-0.2, -0.15) is 8.78 Å². The Morgan fingerprint density at radius 2 is 1.95 bits per heavy atom. The van der Waals surface area contributed by atoms with E-state index in [4.69, 9.17) is 11.6 Å². The summed E-state index contributed by atoms with van der Waals surface area (Å²) in [6.45, 7) is -3.03. The molecule has 0 fully saturated rings. The van der Waals surface area contributed by atoms with Crippen LogP contribution in [-0.4, -0.2) is 17.6 Å². The van der Waals surface area contributed by atoms with E-state index in [0.29, 0.717) is 0 Å². The van der Waals surface area contributed by atoms with Crippen LogP contribution in [0.5, 0.6) is 11.5 Å². The van der Waals surface area contributed by atoms with Crippen LogP contribution in [0, 0.1) is 0 Å². The van der Waals surface area contributed by atoms with Crippen molar-refractivity contribution in [3.8, 4) is 11.5 Å². The van der Waals surface area contributed by atoms with Crippen molar-refractivity contribution in [3.05, 3.63) is 53.1 Å². The maximum Gasteiger partial charge on any atom is 0.387 e. The molecule has 0 saturated carbocycles. The monoisotopic (exact) mass is 313 g/mol. The molecule has 0 aliphatic carbocycles. The van der Waals surface area contributed by atoms with Crippen molar-refractivity contribution in [1.82, 2.24) is 0 Å². The molecule has 110 valence electrons. The second kappa shape index (κ2) is 6.41. The largest absolute Gasteiger partial charge is 0.508 e. The predicted molar refractivity (Wildman–Crippen MR) is 74.1 cm³/mol. The Morgan fingerprint density at radius 1 is 1.24 bits per heavy atom. The summed E-state index contributed by atoms with van der Waals surface area (Å²) in [4.78, 5) is 12.1. The van der Waals surface area contributed by atoms with Gasteiger partial charge >= 0.3 is 6.61 Å². The second-order valence-electron chi connectivity index (χ2n) is 3.99. The van der Waals surface area contributed by atoms with Gasteiger partial charge in [-0.05, 0) is 24.3 Å². The summed E-state index contributed by atoms with van der Waals surface area (Å²) in [5, 5.41) is 11.8. The third kappa shape index (κ3) is 3.82. The average Bonchev–Trinajstić information content (AvgIpc) is 2.42. The Kier molecular flexibility index (Phi) is 4.59. The van der Waals surface area contributed by atoms with E-state index in [1.54, 1.807) is 0 Å². The van der Waals surface area contributed by atoms with Gasteiger partial charge in [-0.3, -0.25) is 4.79 Å². The van der Waals surface area contributed by atoms with Gasteiger partial charge < -0.3 is 15.2 Å². The summed E-state index contributed by atoms with van der Waals surface area (Å²) in [5.74, 6) is -0.946. The topological polar surface area (TPSA) is 58.6 Å². The standard InChI is InChI=1S/C14H10ClF2NO3/c15-10-7-8(19)5-6-11(10)18-13(20)9-3-1-2-4-12(9)21-14(16)17/h1-7,14,19H,(H,18,20). The first-order valence-electron chi connectivity index (χ1n) is 5.81.